The molecule has 0 radical (unpaired) electrons. The van der Waals surface area contributed by atoms with Gasteiger partial charge in [0, 0.05) is 30.3 Å². The molecule has 122 valence electrons. The van der Waals surface area contributed by atoms with E-state index in [2.05, 4.69) is 0 Å². The van der Waals surface area contributed by atoms with E-state index < -0.39 is 9.84 Å². The second-order valence-corrected chi connectivity index (χ2v) is 8.23. The largest absolute Gasteiger partial charge is 0.383 e. The smallest absolute Gasteiger partial charge is 0.254 e. The van der Waals surface area contributed by atoms with Crippen molar-refractivity contribution in [2.45, 2.75) is 19.4 Å². The minimum absolute atomic E-state index is 0.0159. The lowest BCUT2D eigenvalue weighted by molar-refractivity contribution is 0.0624. The fraction of sp³-hybridized carbons (Fsp3) is 0.533. The molecule has 1 heterocycles. The van der Waals surface area contributed by atoms with E-state index in [9.17, 15) is 13.2 Å². The SMILES string of the molecule is COCCN(C(=O)c1cc(C)cc(Cl)c1)C1CCS(=O)(=O)C1. The first-order valence-electron chi connectivity index (χ1n) is 7.10. The van der Waals surface area contributed by atoms with Gasteiger partial charge in [-0.05, 0) is 37.1 Å². The third kappa shape index (κ3) is 4.21. The molecule has 7 heteroatoms. The Labute approximate surface area is 136 Å². The van der Waals surface area contributed by atoms with Gasteiger partial charge in [0.25, 0.3) is 5.91 Å². The number of amides is 1. The van der Waals surface area contributed by atoms with Crippen molar-refractivity contribution in [1.82, 2.24) is 4.90 Å². The number of halogens is 1. The Kier molecular flexibility index (Phi) is 5.47. The van der Waals surface area contributed by atoms with Gasteiger partial charge in [-0.1, -0.05) is 11.6 Å². The van der Waals surface area contributed by atoms with Crippen LogP contribution in [0.1, 0.15) is 22.3 Å². The maximum Gasteiger partial charge on any atom is 0.254 e. The highest BCUT2D eigenvalue weighted by molar-refractivity contribution is 7.91. The molecule has 0 N–H and O–H groups in total. The summed E-state index contributed by atoms with van der Waals surface area (Å²) >= 11 is 6.02. The molecule has 0 aliphatic carbocycles. The van der Waals surface area contributed by atoms with Crippen LogP contribution in [0.15, 0.2) is 18.2 Å². The van der Waals surface area contributed by atoms with Crippen LogP contribution in [0.3, 0.4) is 0 Å². The van der Waals surface area contributed by atoms with Crippen molar-refractivity contribution in [2.24, 2.45) is 0 Å². The molecule has 1 aromatic rings. The first-order valence-corrected chi connectivity index (χ1v) is 9.30. The van der Waals surface area contributed by atoms with Gasteiger partial charge in [0.1, 0.15) is 0 Å². The van der Waals surface area contributed by atoms with Crippen LogP contribution in [0.2, 0.25) is 5.02 Å². The van der Waals surface area contributed by atoms with E-state index in [1.807, 2.05) is 6.92 Å². The van der Waals surface area contributed by atoms with Gasteiger partial charge in [-0.2, -0.15) is 0 Å². The molecule has 1 unspecified atom stereocenters. The molecule has 0 saturated carbocycles. The molecule has 1 aliphatic rings. The van der Waals surface area contributed by atoms with E-state index in [1.165, 1.54) is 0 Å². The molecule has 1 fully saturated rings. The minimum atomic E-state index is -3.06. The maximum atomic E-state index is 12.8. The molecule has 1 saturated heterocycles. The van der Waals surface area contributed by atoms with Gasteiger partial charge in [-0.3, -0.25) is 4.79 Å². The number of nitrogens with zero attached hydrogens (tertiary/aromatic N) is 1. The van der Waals surface area contributed by atoms with Crippen LogP contribution >= 0.6 is 11.6 Å². The highest BCUT2D eigenvalue weighted by atomic mass is 35.5. The zero-order valence-corrected chi connectivity index (χ0v) is 14.3. The standard InChI is InChI=1S/C15H20ClNO4S/c1-11-7-12(9-13(16)8-11)15(18)17(4-5-21-2)14-3-6-22(19,20)10-14/h7-9,14H,3-6,10H2,1-2H3. The van der Waals surface area contributed by atoms with Crippen LogP contribution < -0.4 is 0 Å². The number of rotatable bonds is 5. The van der Waals surface area contributed by atoms with E-state index in [0.29, 0.717) is 30.2 Å². The first kappa shape index (κ1) is 17.2. The topological polar surface area (TPSA) is 63.7 Å². The maximum absolute atomic E-state index is 12.8. The predicted molar refractivity (Wildman–Crippen MR) is 86.2 cm³/mol. The lowest BCUT2D eigenvalue weighted by Gasteiger charge is -2.28. The number of methoxy groups -OCH3 is 1. The van der Waals surface area contributed by atoms with E-state index in [4.69, 9.17) is 16.3 Å². The molecular formula is C15H20ClNO4S. The second kappa shape index (κ2) is 6.98. The van der Waals surface area contributed by atoms with E-state index in [-0.39, 0.29) is 23.5 Å². The lowest BCUT2D eigenvalue weighted by Crippen LogP contribution is -2.43. The zero-order chi connectivity index (χ0) is 16.3. The molecule has 1 amide bonds. The van der Waals surface area contributed by atoms with Gasteiger partial charge in [-0.25, -0.2) is 8.42 Å². The van der Waals surface area contributed by atoms with Crippen molar-refractivity contribution in [2.75, 3.05) is 31.8 Å². The number of hydrogen-bond acceptors (Lipinski definition) is 4. The Balaban J connectivity index is 2.26. The van der Waals surface area contributed by atoms with Crippen molar-refractivity contribution in [3.8, 4) is 0 Å². The van der Waals surface area contributed by atoms with Gasteiger partial charge < -0.3 is 9.64 Å². The Morgan fingerprint density at radius 1 is 1.41 bits per heavy atom. The van der Waals surface area contributed by atoms with Crippen molar-refractivity contribution < 1.29 is 17.9 Å². The van der Waals surface area contributed by atoms with Crippen LogP contribution in [0.5, 0.6) is 0 Å². The lowest BCUT2D eigenvalue weighted by atomic mass is 10.1. The summed E-state index contributed by atoms with van der Waals surface area (Å²) in [4.78, 5) is 14.4. The summed E-state index contributed by atoms with van der Waals surface area (Å²) in [5.41, 5.74) is 1.37. The van der Waals surface area contributed by atoms with Gasteiger partial charge in [0.05, 0.1) is 18.1 Å². The van der Waals surface area contributed by atoms with Gasteiger partial charge in [-0.15, -0.1) is 0 Å². The van der Waals surface area contributed by atoms with Gasteiger partial charge in [0.2, 0.25) is 0 Å². The summed E-state index contributed by atoms with van der Waals surface area (Å²) in [5, 5.41) is 0.495. The van der Waals surface area contributed by atoms with Crippen LogP contribution in [-0.4, -0.2) is 57.0 Å². The number of hydrogen-bond donors (Lipinski definition) is 0. The molecule has 0 aromatic heterocycles. The van der Waals surface area contributed by atoms with Gasteiger partial charge >= 0.3 is 0 Å². The quantitative estimate of drug-likeness (QED) is 0.818. The average Bonchev–Trinajstić information content (AvgIpc) is 2.78. The third-order valence-electron chi connectivity index (χ3n) is 3.74. The molecule has 0 spiro atoms. The summed E-state index contributed by atoms with van der Waals surface area (Å²) in [6.45, 7) is 2.59. The van der Waals surface area contributed by atoms with Crippen molar-refractivity contribution in [3.63, 3.8) is 0 Å². The summed E-state index contributed by atoms with van der Waals surface area (Å²) < 4.78 is 28.4. The van der Waals surface area contributed by atoms with Crippen LogP contribution in [0.4, 0.5) is 0 Å². The first-order chi connectivity index (χ1) is 10.3. The normalized spacial score (nSPS) is 20.0. The molecule has 22 heavy (non-hydrogen) atoms. The minimum Gasteiger partial charge on any atom is -0.383 e. The number of aryl methyl sites for hydroxylation is 1. The third-order valence-corrected chi connectivity index (χ3v) is 5.70. The molecular weight excluding hydrogens is 326 g/mol. The van der Waals surface area contributed by atoms with E-state index >= 15 is 0 Å². The van der Waals surface area contributed by atoms with Crippen molar-refractivity contribution in [3.05, 3.63) is 34.3 Å². The number of carbonyl (C=O) groups is 1. The molecule has 5 nitrogen and oxygen atoms in total. The number of sulfone groups is 1. The number of benzene rings is 1. The highest BCUT2D eigenvalue weighted by Crippen LogP contribution is 2.22. The van der Waals surface area contributed by atoms with E-state index in [1.54, 1.807) is 30.2 Å². The molecule has 1 aromatic carbocycles. The highest BCUT2D eigenvalue weighted by Gasteiger charge is 2.34. The molecule has 2 rings (SSSR count). The molecule has 1 atom stereocenters. The summed E-state index contributed by atoms with van der Waals surface area (Å²) in [6.07, 6.45) is 0.470. The molecule has 0 bridgehead atoms. The zero-order valence-electron chi connectivity index (χ0n) is 12.7. The summed E-state index contributed by atoms with van der Waals surface area (Å²) in [6, 6.07) is 4.85. The van der Waals surface area contributed by atoms with Crippen LogP contribution in [-0.2, 0) is 14.6 Å². The summed E-state index contributed by atoms with van der Waals surface area (Å²) in [5.74, 6) is -0.0601. The number of ether oxygens (including phenoxy) is 1. The fourth-order valence-electron chi connectivity index (χ4n) is 2.69. The monoisotopic (exact) mass is 345 g/mol. The average molecular weight is 346 g/mol. The summed E-state index contributed by atoms with van der Waals surface area (Å²) in [7, 11) is -1.51. The Bertz CT molecular complexity index is 639. The Morgan fingerprint density at radius 2 is 2.14 bits per heavy atom. The number of carbonyl (C=O) groups excluding carboxylic acids is 1. The van der Waals surface area contributed by atoms with Crippen molar-refractivity contribution >= 4 is 27.3 Å². The fourth-order valence-corrected chi connectivity index (χ4v) is 4.71. The van der Waals surface area contributed by atoms with Crippen molar-refractivity contribution in [1.29, 1.82) is 0 Å². The predicted octanol–water partition coefficient (Wildman–Crippen LogP) is 1.92. The Morgan fingerprint density at radius 3 is 2.68 bits per heavy atom. The second-order valence-electron chi connectivity index (χ2n) is 5.57. The van der Waals surface area contributed by atoms with Crippen LogP contribution in [0.25, 0.3) is 0 Å². The molecule has 1 aliphatic heterocycles. The Hall–Kier alpha value is -1.11. The van der Waals surface area contributed by atoms with Crippen LogP contribution in [0, 0.1) is 6.92 Å². The van der Waals surface area contributed by atoms with Gasteiger partial charge in [0.15, 0.2) is 9.84 Å². The van der Waals surface area contributed by atoms with E-state index in [0.717, 1.165) is 5.56 Å².